The first-order valence-electron chi connectivity index (χ1n) is 18.2. The van der Waals surface area contributed by atoms with E-state index in [-0.39, 0.29) is 36.0 Å². The molecule has 52 heavy (non-hydrogen) atoms. The minimum atomic E-state index is -0.136. The van der Waals surface area contributed by atoms with Gasteiger partial charge in [0.1, 0.15) is 5.75 Å². The highest BCUT2D eigenvalue weighted by molar-refractivity contribution is 6.12. The highest BCUT2D eigenvalue weighted by Gasteiger charge is 2.34. The van der Waals surface area contributed by atoms with Crippen molar-refractivity contribution in [2.45, 2.75) is 51.2 Å². The standard InChI is InChI=1S/C43H44N4O4.ClH/c48-36-19-17-34(18-20-36)47(33-12-2-1-3-13-33)43(50)39-29-41(45-22-9-8-16-40(39)45)37-14-6-7-15-38(37)42(49)46-30-32-11-5-4-10-31(32)28-35(46)21-23-44-24-26-51-27-25-44;/h1-7,10-15,17-20,29,35,48H,8-9,16,21-28,30H2;1H/t35-;/m1./s1. The lowest BCUT2D eigenvalue weighted by Crippen LogP contribution is -2.47. The van der Waals surface area contributed by atoms with Gasteiger partial charge in [0.25, 0.3) is 11.8 Å². The van der Waals surface area contributed by atoms with Crippen LogP contribution in [0.2, 0.25) is 0 Å². The summed E-state index contributed by atoms with van der Waals surface area (Å²) in [5, 5.41) is 10.0. The number of morpholine rings is 1. The zero-order valence-electron chi connectivity index (χ0n) is 29.3. The van der Waals surface area contributed by atoms with Gasteiger partial charge in [0.15, 0.2) is 0 Å². The molecule has 5 aromatic rings. The molecule has 2 amide bonds. The number of hydrogen-bond donors (Lipinski definition) is 1. The van der Waals surface area contributed by atoms with Crippen LogP contribution >= 0.6 is 12.4 Å². The minimum Gasteiger partial charge on any atom is -0.508 e. The summed E-state index contributed by atoms with van der Waals surface area (Å²) in [5.74, 6) is 0.0364. The molecular formula is C43H45ClN4O4. The number of carbonyl (C=O) groups excluding carboxylic acids is 2. The van der Waals surface area contributed by atoms with Gasteiger partial charge < -0.3 is 19.3 Å². The van der Waals surface area contributed by atoms with E-state index in [4.69, 9.17) is 4.74 Å². The van der Waals surface area contributed by atoms with Gasteiger partial charge in [-0.3, -0.25) is 19.4 Å². The van der Waals surface area contributed by atoms with Crippen molar-refractivity contribution in [3.8, 4) is 17.0 Å². The second-order valence-corrected chi connectivity index (χ2v) is 13.8. The van der Waals surface area contributed by atoms with E-state index < -0.39 is 0 Å². The summed E-state index contributed by atoms with van der Waals surface area (Å²) in [5.41, 5.74) is 8.00. The van der Waals surface area contributed by atoms with E-state index in [1.54, 1.807) is 29.2 Å². The molecule has 1 aromatic heterocycles. The van der Waals surface area contributed by atoms with Gasteiger partial charge in [0.05, 0.1) is 18.8 Å². The van der Waals surface area contributed by atoms with Crippen LogP contribution in [0.25, 0.3) is 11.3 Å². The van der Waals surface area contributed by atoms with Gasteiger partial charge in [-0.2, -0.15) is 0 Å². The van der Waals surface area contributed by atoms with E-state index in [0.29, 0.717) is 23.4 Å². The first kappa shape index (κ1) is 35.5. The zero-order chi connectivity index (χ0) is 34.7. The van der Waals surface area contributed by atoms with Crippen molar-refractivity contribution < 1.29 is 19.4 Å². The molecule has 1 atom stereocenters. The molecule has 0 bridgehead atoms. The summed E-state index contributed by atoms with van der Waals surface area (Å²) in [7, 11) is 0. The Balaban J connectivity index is 0.00000420. The Labute approximate surface area is 311 Å². The maximum atomic E-state index is 14.9. The molecule has 0 spiro atoms. The third-order valence-electron chi connectivity index (χ3n) is 10.7. The molecule has 1 N–H and O–H groups in total. The number of amides is 2. The number of nitrogens with zero attached hydrogens (tertiary/aromatic N) is 4. The Hall–Kier alpha value is -4.89. The van der Waals surface area contributed by atoms with E-state index in [1.165, 1.54) is 11.1 Å². The first-order chi connectivity index (χ1) is 25.0. The largest absolute Gasteiger partial charge is 0.508 e. The molecule has 1 saturated heterocycles. The second kappa shape index (κ2) is 15.8. The van der Waals surface area contributed by atoms with Crippen molar-refractivity contribution in [2.75, 3.05) is 37.7 Å². The Kier molecular flexibility index (Phi) is 10.8. The second-order valence-electron chi connectivity index (χ2n) is 13.8. The summed E-state index contributed by atoms with van der Waals surface area (Å²) >= 11 is 0. The van der Waals surface area contributed by atoms with Crippen LogP contribution in [0.3, 0.4) is 0 Å². The molecule has 9 heteroatoms. The van der Waals surface area contributed by atoms with Crippen molar-refractivity contribution >= 4 is 35.6 Å². The van der Waals surface area contributed by atoms with Gasteiger partial charge in [-0.25, -0.2) is 0 Å². The third kappa shape index (κ3) is 7.11. The lowest BCUT2D eigenvalue weighted by Gasteiger charge is -2.39. The fourth-order valence-corrected chi connectivity index (χ4v) is 8.05. The average Bonchev–Trinajstić information content (AvgIpc) is 3.58. The molecule has 0 unspecified atom stereocenters. The molecule has 3 aliphatic rings. The smallest absolute Gasteiger partial charge is 0.264 e. The molecule has 4 heterocycles. The monoisotopic (exact) mass is 716 g/mol. The molecule has 3 aliphatic heterocycles. The van der Waals surface area contributed by atoms with E-state index in [9.17, 15) is 14.7 Å². The number of carbonyl (C=O) groups is 2. The van der Waals surface area contributed by atoms with Crippen LogP contribution in [0.4, 0.5) is 11.4 Å². The fourth-order valence-electron chi connectivity index (χ4n) is 8.05. The van der Waals surface area contributed by atoms with Crippen LogP contribution in [0.15, 0.2) is 109 Å². The van der Waals surface area contributed by atoms with E-state index in [1.807, 2.05) is 60.7 Å². The molecule has 0 saturated carbocycles. The quantitative estimate of drug-likeness (QED) is 0.177. The number of hydrogen-bond acceptors (Lipinski definition) is 5. The number of fused-ring (bicyclic) bond motifs is 2. The number of aromatic hydroxyl groups is 1. The summed E-state index contributed by atoms with van der Waals surface area (Å²) in [6.07, 6.45) is 4.51. The molecule has 0 aliphatic carbocycles. The Morgan fingerprint density at radius 2 is 1.46 bits per heavy atom. The normalized spacial score (nSPS) is 17.1. The Bertz CT molecular complexity index is 2020. The molecule has 0 radical (unpaired) electrons. The maximum absolute atomic E-state index is 14.9. The van der Waals surface area contributed by atoms with Crippen LogP contribution < -0.4 is 4.90 Å². The minimum absolute atomic E-state index is 0. The van der Waals surface area contributed by atoms with Crippen LogP contribution in [0.1, 0.15) is 56.8 Å². The van der Waals surface area contributed by atoms with Crippen molar-refractivity contribution in [2.24, 2.45) is 0 Å². The number of anilines is 2. The summed E-state index contributed by atoms with van der Waals surface area (Å²) in [6, 6.07) is 34.9. The number of rotatable bonds is 8. The van der Waals surface area contributed by atoms with E-state index in [0.717, 1.165) is 94.1 Å². The summed E-state index contributed by atoms with van der Waals surface area (Å²) < 4.78 is 7.86. The van der Waals surface area contributed by atoms with Crippen molar-refractivity contribution in [3.05, 3.63) is 137 Å². The van der Waals surface area contributed by atoms with Gasteiger partial charge in [-0.05, 0) is 91.8 Å². The molecular weight excluding hydrogens is 672 g/mol. The van der Waals surface area contributed by atoms with Crippen molar-refractivity contribution in [1.82, 2.24) is 14.4 Å². The summed E-state index contributed by atoms with van der Waals surface area (Å²) in [4.78, 5) is 35.9. The predicted octanol–water partition coefficient (Wildman–Crippen LogP) is 7.89. The lowest BCUT2D eigenvalue weighted by molar-refractivity contribution is 0.0308. The van der Waals surface area contributed by atoms with Crippen LogP contribution in [0.5, 0.6) is 5.75 Å². The maximum Gasteiger partial charge on any atom is 0.264 e. The number of aromatic nitrogens is 1. The van der Waals surface area contributed by atoms with E-state index >= 15 is 0 Å². The number of halogens is 1. The predicted molar refractivity (Wildman–Crippen MR) is 207 cm³/mol. The zero-order valence-corrected chi connectivity index (χ0v) is 30.1. The topological polar surface area (TPSA) is 78.3 Å². The molecule has 1 fully saturated rings. The van der Waals surface area contributed by atoms with Gasteiger partial charge in [-0.15, -0.1) is 12.4 Å². The Morgan fingerprint density at radius 1 is 0.769 bits per heavy atom. The lowest BCUT2D eigenvalue weighted by atomic mass is 9.91. The van der Waals surface area contributed by atoms with Gasteiger partial charge in [0.2, 0.25) is 0 Å². The average molecular weight is 717 g/mol. The van der Waals surface area contributed by atoms with Crippen molar-refractivity contribution in [1.29, 1.82) is 0 Å². The SMILES string of the molecule is Cl.O=C(c1cc(-c2ccccc2C(=O)N2Cc3ccccc3C[C@H]2CCN2CCOCC2)n2c1CCCC2)N(c1ccccc1)c1ccc(O)cc1. The first-order valence-corrected chi connectivity index (χ1v) is 18.2. The molecule has 268 valence electrons. The Morgan fingerprint density at radius 3 is 2.25 bits per heavy atom. The van der Waals surface area contributed by atoms with Crippen LogP contribution in [-0.4, -0.2) is 70.2 Å². The van der Waals surface area contributed by atoms with Crippen LogP contribution in [-0.2, 0) is 30.7 Å². The number of benzene rings is 4. The van der Waals surface area contributed by atoms with Crippen LogP contribution in [0, 0.1) is 0 Å². The molecule has 8 rings (SSSR count). The fraction of sp³-hybridized carbons (Fsp3) is 0.302. The number of phenols is 1. The highest BCUT2D eigenvalue weighted by atomic mass is 35.5. The highest BCUT2D eigenvalue weighted by Crippen LogP contribution is 2.37. The van der Waals surface area contributed by atoms with Crippen molar-refractivity contribution in [3.63, 3.8) is 0 Å². The van der Waals surface area contributed by atoms with Gasteiger partial charge >= 0.3 is 0 Å². The molecule has 8 nitrogen and oxygen atoms in total. The summed E-state index contributed by atoms with van der Waals surface area (Å²) in [6.45, 7) is 5.65. The number of ether oxygens (including phenoxy) is 1. The van der Waals surface area contributed by atoms with Gasteiger partial charge in [0, 0.05) is 72.7 Å². The number of phenolic OH excluding ortho intramolecular Hbond substituents is 1. The van der Waals surface area contributed by atoms with Gasteiger partial charge in [-0.1, -0.05) is 60.7 Å². The third-order valence-corrected chi connectivity index (χ3v) is 10.7. The molecule has 4 aromatic carbocycles. The van der Waals surface area contributed by atoms with E-state index in [2.05, 4.69) is 38.6 Å². The number of para-hydroxylation sites is 1.